The summed E-state index contributed by atoms with van der Waals surface area (Å²) in [5.41, 5.74) is 2.92. The molecule has 0 fully saturated rings. The second-order valence-corrected chi connectivity index (χ2v) is 4.28. The highest BCUT2D eigenvalue weighted by atomic mass is 35.5. The Morgan fingerprint density at radius 2 is 1.33 bits per heavy atom. The number of hydrogen-bond donors (Lipinski definition) is 0. The van der Waals surface area contributed by atoms with Crippen LogP contribution in [-0.4, -0.2) is 4.98 Å². The lowest BCUT2D eigenvalue weighted by atomic mass is 10.1. The lowest BCUT2D eigenvalue weighted by molar-refractivity contribution is 1.40. The number of fused-ring (bicyclic) bond motifs is 1. The summed E-state index contributed by atoms with van der Waals surface area (Å²) in [4.78, 5) is 4.62. The van der Waals surface area contributed by atoms with Crippen LogP contribution in [-0.2, 0) is 0 Å². The molecule has 3 aromatic rings. The van der Waals surface area contributed by atoms with Gasteiger partial charge < -0.3 is 0 Å². The maximum absolute atomic E-state index is 6.27. The van der Waals surface area contributed by atoms with E-state index < -0.39 is 0 Å². The summed E-state index contributed by atoms with van der Waals surface area (Å²) in [5.74, 6) is 0. The van der Waals surface area contributed by atoms with Gasteiger partial charge in [-0.3, -0.25) is 0 Å². The Balaban J connectivity index is 0.000000510. The highest BCUT2D eigenvalue weighted by Crippen LogP contribution is 2.27. The van der Waals surface area contributed by atoms with Gasteiger partial charge in [-0.2, -0.15) is 0 Å². The van der Waals surface area contributed by atoms with E-state index in [1.807, 2.05) is 88.4 Å². The van der Waals surface area contributed by atoms with E-state index in [0.29, 0.717) is 0 Å². The number of halogens is 1. The number of hydrogen-bond acceptors (Lipinski definition) is 1. The minimum Gasteiger partial charge on any atom is -0.248 e. The van der Waals surface area contributed by atoms with Crippen LogP contribution >= 0.6 is 11.6 Å². The normalized spacial score (nSPS) is 9.19. The molecule has 0 radical (unpaired) electrons. The van der Waals surface area contributed by atoms with E-state index in [1.165, 1.54) is 0 Å². The van der Waals surface area contributed by atoms with Gasteiger partial charge in [-0.15, -0.1) is 0 Å². The van der Waals surface area contributed by atoms with E-state index in [1.54, 1.807) is 0 Å². The first-order chi connectivity index (χ1) is 10.3. The van der Waals surface area contributed by atoms with Crippen molar-refractivity contribution in [2.75, 3.05) is 0 Å². The van der Waals surface area contributed by atoms with Gasteiger partial charge in [0.25, 0.3) is 0 Å². The average Bonchev–Trinajstić information content (AvgIpc) is 2.59. The number of para-hydroxylation sites is 1. The minimum atomic E-state index is 0.745. The Kier molecular flexibility index (Phi) is 7.49. The van der Waals surface area contributed by atoms with Crippen molar-refractivity contribution in [3.63, 3.8) is 0 Å². The minimum absolute atomic E-state index is 0.745. The van der Waals surface area contributed by atoms with Gasteiger partial charge in [0.15, 0.2) is 0 Å². The van der Waals surface area contributed by atoms with Gasteiger partial charge in [0.1, 0.15) is 0 Å². The topological polar surface area (TPSA) is 12.9 Å². The summed E-state index contributed by atoms with van der Waals surface area (Å²) in [7, 11) is 0. The molecule has 1 heterocycles. The fourth-order valence-electron chi connectivity index (χ4n) is 1.89. The highest BCUT2D eigenvalue weighted by Gasteiger charge is 2.04. The van der Waals surface area contributed by atoms with Crippen LogP contribution in [0.25, 0.3) is 22.2 Å². The van der Waals surface area contributed by atoms with Gasteiger partial charge in [-0.1, -0.05) is 87.8 Å². The van der Waals surface area contributed by atoms with Crippen LogP contribution in [0.5, 0.6) is 0 Å². The molecule has 0 aliphatic rings. The molecule has 21 heavy (non-hydrogen) atoms. The fourth-order valence-corrected chi connectivity index (χ4v) is 2.15. The van der Waals surface area contributed by atoms with Gasteiger partial charge in [-0.05, 0) is 12.1 Å². The van der Waals surface area contributed by atoms with Crippen molar-refractivity contribution in [2.45, 2.75) is 27.7 Å². The van der Waals surface area contributed by atoms with Crippen LogP contribution in [0, 0.1) is 0 Å². The van der Waals surface area contributed by atoms with Gasteiger partial charge in [0, 0.05) is 10.9 Å². The average molecular weight is 300 g/mol. The molecule has 0 unspecified atom stereocenters. The monoisotopic (exact) mass is 299 g/mol. The Bertz CT molecular complexity index is 663. The van der Waals surface area contributed by atoms with E-state index in [0.717, 1.165) is 27.2 Å². The van der Waals surface area contributed by atoms with Gasteiger partial charge in [0.05, 0.1) is 16.2 Å². The molecule has 0 aliphatic heterocycles. The maximum atomic E-state index is 6.27. The number of nitrogens with zero attached hydrogens (tertiary/aromatic N) is 1. The zero-order valence-electron chi connectivity index (χ0n) is 13.1. The van der Waals surface area contributed by atoms with Gasteiger partial charge in [-0.25, -0.2) is 4.98 Å². The zero-order valence-corrected chi connectivity index (χ0v) is 13.9. The highest BCUT2D eigenvalue weighted by molar-refractivity contribution is 6.35. The SMILES string of the molecule is CC.CC.Clc1cc(-c2ccccc2)nc2ccccc12. The van der Waals surface area contributed by atoms with E-state index in [-0.39, 0.29) is 0 Å². The Morgan fingerprint density at radius 3 is 2.00 bits per heavy atom. The third-order valence-corrected chi connectivity index (χ3v) is 3.05. The van der Waals surface area contributed by atoms with E-state index in [9.17, 15) is 0 Å². The predicted octanol–water partition coefficient (Wildman–Crippen LogP) is 6.61. The summed E-state index contributed by atoms with van der Waals surface area (Å²) in [5, 5.41) is 1.74. The van der Waals surface area contributed by atoms with Crippen molar-refractivity contribution in [3.05, 3.63) is 65.7 Å². The Hall–Kier alpha value is -1.86. The van der Waals surface area contributed by atoms with Crippen LogP contribution in [0.15, 0.2) is 60.7 Å². The molecule has 1 aromatic heterocycles. The lowest BCUT2D eigenvalue weighted by Gasteiger charge is -2.05. The van der Waals surface area contributed by atoms with Crippen LogP contribution < -0.4 is 0 Å². The van der Waals surface area contributed by atoms with Gasteiger partial charge >= 0.3 is 0 Å². The van der Waals surface area contributed by atoms with Crippen LogP contribution in [0.3, 0.4) is 0 Å². The van der Waals surface area contributed by atoms with Crippen molar-refractivity contribution >= 4 is 22.5 Å². The summed E-state index contributed by atoms with van der Waals surface area (Å²) in [6, 6.07) is 19.9. The van der Waals surface area contributed by atoms with Crippen LogP contribution in [0.2, 0.25) is 5.02 Å². The van der Waals surface area contributed by atoms with Crippen molar-refractivity contribution in [3.8, 4) is 11.3 Å². The van der Waals surface area contributed by atoms with Crippen molar-refractivity contribution in [1.29, 1.82) is 0 Å². The van der Waals surface area contributed by atoms with E-state index in [2.05, 4.69) is 4.98 Å². The molecule has 0 saturated heterocycles. The maximum Gasteiger partial charge on any atom is 0.0724 e. The summed E-state index contributed by atoms with van der Waals surface area (Å²) >= 11 is 6.27. The molecule has 3 rings (SSSR count). The van der Waals surface area contributed by atoms with E-state index in [4.69, 9.17) is 11.6 Å². The molecule has 0 N–H and O–H groups in total. The molecule has 0 saturated carbocycles. The third kappa shape index (κ3) is 4.30. The quantitative estimate of drug-likeness (QED) is 0.493. The van der Waals surface area contributed by atoms with Crippen LogP contribution in [0.4, 0.5) is 0 Å². The second-order valence-electron chi connectivity index (χ2n) is 3.87. The lowest BCUT2D eigenvalue weighted by Crippen LogP contribution is -1.86. The fraction of sp³-hybridized carbons (Fsp3) is 0.211. The summed E-state index contributed by atoms with van der Waals surface area (Å²) in [6.45, 7) is 8.00. The molecule has 0 amide bonds. The Morgan fingerprint density at radius 1 is 0.762 bits per heavy atom. The molecule has 0 spiro atoms. The zero-order chi connectivity index (χ0) is 15.7. The standard InChI is InChI=1S/C15H10ClN.2C2H6/c16-13-10-15(11-6-2-1-3-7-11)17-14-9-5-4-8-12(13)14;2*1-2/h1-10H;2*1-2H3. The molecular formula is C19H22ClN. The summed E-state index contributed by atoms with van der Waals surface area (Å²) < 4.78 is 0. The smallest absolute Gasteiger partial charge is 0.0724 e. The first kappa shape index (κ1) is 17.2. The van der Waals surface area contributed by atoms with Crippen LogP contribution in [0.1, 0.15) is 27.7 Å². The largest absolute Gasteiger partial charge is 0.248 e. The molecule has 2 aromatic carbocycles. The molecular weight excluding hydrogens is 278 g/mol. The van der Waals surface area contributed by atoms with Gasteiger partial charge in [0.2, 0.25) is 0 Å². The van der Waals surface area contributed by atoms with Crippen molar-refractivity contribution < 1.29 is 0 Å². The van der Waals surface area contributed by atoms with Crippen molar-refractivity contribution in [2.24, 2.45) is 0 Å². The second kappa shape index (κ2) is 9.15. The Labute approximate surface area is 132 Å². The third-order valence-electron chi connectivity index (χ3n) is 2.74. The molecule has 2 heteroatoms. The number of benzene rings is 2. The van der Waals surface area contributed by atoms with E-state index >= 15 is 0 Å². The first-order valence-electron chi connectivity index (χ1n) is 7.45. The molecule has 0 aliphatic carbocycles. The molecule has 110 valence electrons. The van der Waals surface area contributed by atoms with Crippen molar-refractivity contribution in [1.82, 2.24) is 4.98 Å². The predicted molar refractivity (Wildman–Crippen MR) is 94.9 cm³/mol. The summed E-state index contributed by atoms with van der Waals surface area (Å²) in [6.07, 6.45) is 0. The molecule has 1 nitrogen and oxygen atoms in total. The number of rotatable bonds is 1. The number of pyridine rings is 1. The first-order valence-corrected chi connectivity index (χ1v) is 7.83. The molecule has 0 atom stereocenters. The molecule has 0 bridgehead atoms. The number of aromatic nitrogens is 1.